The van der Waals surface area contributed by atoms with E-state index in [1.165, 1.54) is 14.2 Å². The molecule has 0 saturated carbocycles. The standard InChI is InChI=1S/C9H18O6Si/c1-12-5-8(10)14-7-16(3,4)15-9(11)6-13-2/h5-7H2,1-4H3. The highest BCUT2D eigenvalue weighted by Gasteiger charge is 2.29. The van der Waals surface area contributed by atoms with Gasteiger partial charge in [0.1, 0.15) is 19.4 Å². The molecule has 6 nitrogen and oxygen atoms in total. The molecule has 0 spiro atoms. The van der Waals surface area contributed by atoms with E-state index in [1.807, 2.05) is 0 Å². The number of ether oxygens (including phenoxy) is 3. The van der Waals surface area contributed by atoms with Crippen molar-refractivity contribution in [2.75, 3.05) is 33.7 Å². The molecule has 0 bridgehead atoms. The van der Waals surface area contributed by atoms with Gasteiger partial charge in [-0.25, -0.2) is 4.79 Å². The third-order valence-corrected chi connectivity index (χ3v) is 3.12. The lowest BCUT2D eigenvalue weighted by molar-refractivity contribution is -0.147. The predicted octanol–water partition coefficient (Wildman–Crippen LogP) is 0.110. The second-order valence-electron chi connectivity index (χ2n) is 3.76. The summed E-state index contributed by atoms with van der Waals surface area (Å²) in [6, 6.07) is 0. The van der Waals surface area contributed by atoms with Gasteiger partial charge in [-0.05, 0) is 13.1 Å². The number of carbonyl (C=O) groups excluding carboxylic acids is 2. The van der Waals surface area contributed by atoms with E-state index < -0.39 is 20.3 Å². The lowest BCUT2D eigenvalue weighted by Gasteiger charge is -2.21. The van der Waals surface area contributed by atoms with Gasteiger partial charge in [0.2, 0.25) is 0 Å². The predicted molar refractivity (Wildman–Crippen MR) is 58.3 cm³/mol. The van der Waals surface area contributed by atoms with Crippen LogP contribution in [0.25, 0.3) is 0 Å². The maximum absolute atomic E-state index is 11.2. The number of esters is 1. The molecule has 0 N–H and O–H groups in total. The van der Waals surface area contributed by atoms with E-state index in [-0.39, 0.29) is 19.4 Å². The maximum Gasteiger partial charge on any atom is 0.331 e. The molecule has 0 aliphatic rings. The Labute approximate surface area is 95.9 Å². The lowest BCUT2D eigenvalue weighted by Crippen LogP contribution is -2.41. The van der Waals surface area contributed by atoms with E-state index in [0.29, 0.717) is 0 Å². The first-order valence-electron chi connectivity index (χ1n) is 4.76. The number of rotatable bonds is 7. The molecule has 0 fully saturated rings. The van der Waals surface area contributed by atoms with Crippen molar-refractivity contribution in [2.45, 2.75) is 13.1 Å². The van der Waals surface area contributed by atoms with E-state index >= 15 is 0 Å². The van der Waals surface area contributed by atoms with Gasteiger partial charge < -0.3 is 18.6 Å². The highest BCUT2D eigenvalue weighted by Crippen LogP contribution is 2.05. The first-order valence-corrected chi connectivity index (χ1v) is 7.88. The van der Waals surface area contributed by atoms with Crippen LogP contribution < -0.4 is 0 Å². The van der Waals surface area contributed by atoms with Crippen molar-refractivity contribution in [3.63, 3.8) is 0 Å². The van der Waals surface area contributed by atoms with Crippen LogP contribution in [-0.4, -0.2) is 53.9 Å². The largest absolute Gasteiger partial charge is 0.514 e. The molecule has 0 heterocycles. The summed E-state index contributed by atoms with van der Waals surface area (Å²) < 4.78 is 19.3. The molecule has 0 amide bonds. The zero-order chi connectivity index (χ0) is 12.6. The van der Waals surface area contributed by atoms with Gasteiger partial charge in [-0.15, -0.1) is 0 Å². The highest BCUT2D eigenvalue weighted by atomic mass is 28.4. The van der Waals surface area contributed by atoms with Gasteiger partial charge in [0.05, 0.1) is 0 Å². The third kappa shape index (κ3) is 7.38. The van der Waals surface area contributed by atoms with Gasteiger partial charge in [0.25, 0.3) is 8.32 Å². The summed E-state index contributed by atoms with van der Waals surface area (Å²) >= 11 is 0. The molecule has 0 radical (unpaired) electrons. The van der Waals surface area contributed by atoms with Crippen LogP contribution in [0.2, 0.25) is 13.1 Å². The summed E-state index contributed by atoms with van der Waals surface area (Å²) in [7, 11) is 0.493. The fourth-order valence-corrected chi connectivity index (χ4v) is 2.14. The molecule has 0 aliphatic carbocycles. The maximum atomic E-state index is 11.2. The summed E-state index contributed by atoms with van der Waals surface area (Å²) in [6.07, 6.45) is 0.116. The van der Waals surface area contributed by atoms with Crippen molar-refractivity contribution in [2.24, 2.45) is 0 Å². The summed E-state index contributed by atoms with van der Waals surface area (Å²) in [5.74, 6) is -0.909. The Hall–Kier alpha value is -0.923. The second-order valence-corrected chi connectivity index (χ2v) is 7.77. The smallest absolute Gasteiger partial charge is 0.331 e. The second kappa shape index (κ2) is 7.37. The van der Waals surface area contributed by atoms with Crippen molar-refractivity contribution >= 4 is 20.3 Å². The van der Waals surface area contributed by atoms with Gasteiger partial charge in [-0.2, -0.15) is 0 Å². The average molecular weight is 250 g/mol. The first kappa shape index (κ1) is 15.1. The van der Waals surface area contributed by atoms with Crippen LogP contribution in [0.5, 0.6) is 0 Å². The molecule has 0 aliphatic heterocycles. The number of methoxy groups -OCH3 is 2. The Balaban J connectivity index is 3.94. The van der Waals surface area contributed by atoms with Gasteiger partial charge in [-0.3, -0.25) is 4.79 Å². The van der Waals surface area contributed by atoms with E-state index in [9.17, 15) is 9.59 Å². The van der Waals surface area contributed by atoms with Gasteiger partial charge in [-0.1, -0.05) is 0 Å². The van der Waals surface area contributed by atoms with Crippen molar-refractivity contribution in [3.05, 3.63) is 0 Å². The van der Waals surface area contributed by atoms with Crippen LogP contribution in [0.4, 0.5) is 0 Å². The summed E-state index contributed by atoms with van der Waals surface area (Å²) in [6.45, 7) is 3.36. The fraction of sp³-hybridized carbons (Fsp3) is 0.778. The minimum Gasteiger partial charge on any atom is -0.514 e. The SMILES string of the molecule is COCC(=O)OC[Si](C)(C)OC(=O)COC. The Kier molecular flexibility index (Phi) is 6.94. The minimum absolute atomic E-state index is 0.0948. The molecule has 94 valence electrons. The number of hydrogen-bond acceptors (Lipinski definition) is 6. The molecule has 0 atom stereocenters. The Morgan fingerprint density at radius 3 is 2.00 bits per heavy atom. The molecule has 16 heavy (non-hydrogen) atoms. The van der Waals surface area contributed by atoms with Crippen LogP contribution in [0.3, 0.4) is 0 Å². The van der Waals surface area contributed by atoms with Crippen molar-refractivity contribution < 1.29 is 28.2 Å². The molecular weight excluding hydrogens is 232 g/mol. The number of carbonyl (C=O) groups is 2. The average Bonchev–Trinajstić information content (AvgIpc) is 2.15. The van der Waals surface area contributed by atoms with Crippen LogP contribution in [0, 0.1) is 0 Å². The molecule has 0 saturated heterocycles. The molecule has 0 aromatic rings. The van der Waals surface area contributed by atoms with Gasteiger partial charge >= 0.3 is 11.9 Å². The topological polar surface area (TPSA) is 71.1 Å². The van der Waals surface area contributed by atoms with Crippen molar-refractivity contribution in [3.8, 4) is 0 Å². The zero-order valence-electron chi connectivity index (χ0n) is 10.1. The monoisotopic (exact) mass is 250 g/mol. The van der Waals surface area contributed by atoms with Crippen LogP contribution in [0.15, 0.2) is 0 Å². The fourth-order valence-electron chi connectivity index (χ4n) is 0.899. The van der Waals surface area contributed by atoms with Gasteiger partial charge in [0, 0.05) is 14.2 Å². The van der Waals surface area contributed by atoms with Gasteiger partial charge in [0.15, 0.2) is 0 Å². The Morgan fingerprint density at radius 2 is 1.50 bits per heavy atom. The molecule has 0 unspecified atom stereocenters. The Bertz CT molecular complexity index is 240. The third-order valence-electron chi connectivity index (χ3n) is 1.50. The summed E-state index contributed by atoms with van der Waals surface area (Å²) in [4.78, 5) is 22.2. The molecular formula is C9H18O6Si. The van der Waals surface area contributed by atoms with Crippen molar-refractivity contribution in [1.29, 1.82) is 0 Å². The van der Waals surface area contributed by atoms with E-state index in [1.54, 1.807) is 13.1 Å². The Morgan fingerprint density at radius 1 is 1.00 bits per heavy atom. The zero-order valence-corrected chi connectivity index (χ0v) is 11.1. The lowest BCUT2D eigenvalue weighted by atomic mass is 10.7. The minimum atomic E-state index is -2.32. The molecule has 0 aromatic carbocycles. The first-order chi connectivity index (χ1) is 7.41. The normalized spacial score (nSPS) is 11.0. The molecule has 0 rings (SSSR count). The summed E-state index contributed by atoms with van der Waals surface area (Å²) in [5, 5.41) is 0. The van der Waals surface area contributed by atoms with Crippen LogP contribution in [0.1, 0.15) is 0 Å². The van der Waals surface area contributed by atoms with E-state index in [4.69, 9.17) is 9.16 Å². The quantitative estimate of drug-likeness (QED) is 0.472. The summed E-state index contributed by atoms with van der Waals surface area (Å²) in [5.41, 5.74) is 0. The molecule has 0 aromatic heterocycles. The van der Waals surface area contributed by atoms with Crippen LogP contribution in [-0.2, 0) is 28.2 Å². The molecule has 7 heteroatoms. The van der Waals surface area contributed by atoms with E-state index in [0.717, 1.165) is 0 Å². The highest BCUT2D eigenvalue weighted by molar-refractivity contribution is 6.72. The van der Waals surface area contributed by atoms with Crippen molar-refractivity contribution in [1.82, 2.24) is 0 Å². The number of hydrogen-bond donors (Lipinski definition) is 0. The van der Waals surface area contributed by atoms with Crippen LogP contribution >= 0.6 is 0 Å². The van der Waals surface area contributed by atoms with E-state index in [2.05, 4.69) is 9.47 Å².